The van der Waals surface area contributed by atoms with Gasteiger partial charge < -0.3 is 19.5 Å². The van der Waals surface area contributed by atoms with Gasteiger partial charge in [-0.1, -0.05) is 12.1 Å². The van der Waals surface area contributed by atoms with Crippen LogP contribution in [0.3, 0.4) is 0 Å². The molecule has 0 saturated heterocycles. The number of carbonyl (C=O) groups excluding carboxylic acids is 1. The van der Waals surface area contributed by atoms with Gasteiger partial charge in [0.15, 0.2) is 18.1 Å². The second-order valence-electron chi connectivity index (χ2n) is 5.14. The maximum absolute atomic E-state index is 12.9. The van der Waals surface area contributed by atoms with Crippen LogP contribution in [-0.2, 0) is 4.79 Å². The molecule has 1 amide bonds. The number of nitrogens with one attached hydrogen (secondary N) is 1. The van der Waals surface area contributed by atoms with Gasteiger partial charge in [0.25, 0.3) is 5.91 Å². The highest BCUT2D eigenvalue weighted by atomic mass is 19.1. The van der Waals surface area contributed by atoms with Crippen LogP contribution in [-0.4, -0.2) is 19.3 Å². The van der Waals surface area contributed by atoms with Crippen molar-refractivity contribution >= 4 is 5.91 Å². The molecule has 120 valence electrons. The molecule has 0 radical (unpaired) electrons. The maximum Gasteiger partial charge on any atom is 0.258 e. The lowest BCUT2D eigenvalue weighted by molar-refractivity contribution is -0.123. The van der Waals surface area contributed by atoms with Gasteiger partial charge in [0, 0.05) is 6.07 Å². The number of ether oxygens (including phenoxy) is 3. The van der Waals surface area contributed by atoms with Crippen molar-refractivity contribution in [2.24, 2.45) is 0 Å². The molecule has 0 unspecified atom stereocenters. The monoisotopic (exact) mass is 317 g/mol. The average molecular weight is 317 g/mol. The molecule has 2 aromatic carbocycles. The van der Waals surface area contributed by atoms with Crippen LogP contribution >= 0.6 is 0 Å². The quantitative estimate of drug-likeness (QED) is 0.921. The number of hydrogen-bond acceptors (Lipinski definition) is 4. The Hall–Kier alpha value is -2.76. The van der Waals surface area contributed by atoms with E-state index in [1.807, 2.05) is 6.92 Å². The summed E-state index contributed by atoms with van der Waals surface area (Å²) in [7, 11) is 0. The van der Waals surface area contributed by atoms with Gasteiger partial charge in [0.1, 0.15) is 11.6 Å². The standard InChI is InChI=1S/C17H16FNO4/c1-11(12-2-4-13(18)5-3-12)19-17(20)9-21-14-6-7-15-16(8-14)23-10-22-15/h2-8,11H,9-10H2,1H3,(H,19,20)/t11-/m1/s1. The van der Waals surface area contributed by atoms with Crippen molar-refractivity contribution in [1.29, 1.82) is 0 Å². The molecule has 1 atom stereocenters. The normalized spacial score (nSPS) is 13.5. The Labute approximate surface area is 133 Å². The number of benzene rings is 2. The molecule has 1 N–H and O–H groups in total. The van der Waals surface area contributed by atoms with Crippen LogP contribution in [0.2, 0.25) is 0 Å². The predicted molar refractivity (Wildman–Crippen MR) is 81.0 cm³/mol. The average Bonchev–Trinajstić information content (AvgIpc) is 3.01. The SMILES string of the molecule is C[C@@H](NC(=O)COc1ccc2c(c1)OCO2)c1ccc(F)cc1. The summed E-state index contributed by atoms with van der Waals surface area (Å²) in [4.78, 5) is 11.9. The molecule has 1 heterocycles. The van der Waals surface area contributed by atoms with Crippen molar-refractivity contribution in [3.8, 4) is 17.2 Å². The number of fused-ring (bicyclic) bond motifs is 1. The summed E-state index contributed by atoms with van der Waals surface area (Å²) < 4.78 is 28.8. The lowest BCUT2D eigenvalue weighted by atomic mass is 10.1. The van der Waals surface area contributed by atoms with Gasteiger partial charge >= 0.3 is 0 Å². The Morgan fingerprint density at radius 1 is 1.22 bits per heavy atom. The van der Waals surface area contributed by atoms with E-state index in [4.69, 9.17) is 14.2 Å². The first-order valence-corrected chi connectivity index (χ1v) is 7.19. The van der Waals surface area contributed by atoms with Gasteiger partial charge in [-0.15, -0.1) is 0 Å². The van der Waals surface area contributed by atoms with Gasteiger partial charge in [-0.05, 0) is 36.8 Å². The highest BCUT2D eigenvalue weighted by molar-refractivity contribution is 5.78. The third-order valence-electron chi connectivity index (χ3n) is 3.46. The zero-order valence-corrected chi connectivity index (χ0v) is 12.5. The molecule has 23 heavy (non-hydrogen) atoms. The molecular weight excluding hydrogens is 301 g/mol. The molecule has 0 bridgehead atoms. The summed E-state index contributed by atoms with van der Waals surface area (Å²) in [5, 5.41) is 2.80. The molecule has 2 aromatic rings. The van der Waals surface area contributed by atoms with Gasteiger partial charge in [-0.2, -0.15) is 0 Å². The fourth-order valence-electron chi connectivity index (χ4n) is 2.23. The molecule has 0 fully saturated rings. The van der Waals surface area contributed by atoms with Crippen molar-refractivity contribution < 1.29 is 23.4 Å². The van der Waals surface area contributed by atoms with Crippen LogP contribution in [0.25, 0.3) is 0 Å². The Morgan fingerprint density at radius 3 is 2.74 bits per heavy atom. The minimum absolute atomic E-state index is 0.120. The van der Waals surface area contributed by atoms with Crippen molar-refractivity contribution in [3.63, 3.8) is 0 Å². The molecule has 6 heteroatoms. The molecule has 0 aliphatic carbocycles. The largest absolute Gasteiger partial charge is 0.484 e. The summed E-state index contributed by atoms with van der Waals surface area (Å²) in [6.45, 7) is 1.89. The van der Waals surface area contributed by atoms with E-state index in [0.29, 0.717) is 17.2 Å². The smallest absolute Gasteiger partial charge is 0.258 e. The first-order chi connectivity index (χ1) is 11.1. The van der Waals surface area contributed by atoms with E-state index in [1.54, 1.807) is 30.3 Å². The molecule has 5 nitrogen and oxygen atoms in total. The summed E-state index contributed by atoms with van der Waals surface area (Å²) in [6, 6.07) is 10.9. The lowest BCUT2D eigenvalue weighted by Crippen LogP contribution is -2.31. The predicted octanol–water partition coefficient (Wildman–Crippen LogP) is 2.81. The Bertz CT molecular complexity index is 702. The van der Waals surface area contributed by atoms with Crippen molar-refractivity contribution in [3.05, 3.63) is 53.8 Å². The number of halogens is 1. The van der Waals surface area contributed by atoms with Gasteiger partial charge in [-0.3, -0.25) is 4.79 Å². The minimum Gasteiger partial charge on any atom is -0.484 e. The highest BCUT2D eigenvalue weighted by Gasteiger charge is 2.15. The molecular formula is C17H16FNO4. The Kier molecular flexibility index (Phi) is 4.32. The summed E-state index contributed by atoms with van der Waals surface area (Å²) in [5.74, 6) is 1.21. The second kappa shape index (κ2) is 6.56. The molecule has 0 spiro atoms. The third kappa shape index (κ3) is 3.71. The van der Waals surface area contributed by atoms with E-state index in [1.165, 1.54) is 12.1 Å². The molecule has 3 rings (SSSR count). The minimum atomic E-state index is -0.307. The fourth-order valence-corrected chi connectivity index (χ4v) is 2.23. The van der Waals surface area contributed by atoms with E-state index < -0.39 is 0 Å². The van der Waals surface area contributed by atoms with Crippen LogP contribution in [0.1, 0.15) is 18.5 Å². The number of amides is 1. The van der Waals surface area contributed by atoms with Crippen molar-refractivity contribution in [1.82, 2.24) is 5.32 Å². The molecule has 1 aliphatic heterocycles. The Morgan fingerprint density at radius 2 is 1.96 bits per heavy atom. The highest BCUT2D eigenvalue weighted by Crippen LogP contribution is 2.35. The first-order valence-electron chi connectivity index (χ1n) is 7.19. The van der Waals surface area contributed by atoms with E-state index in [9.17, 15) is 9.18 Å². The van der Waals surface area contributed by atoms with Crippen molar-refractivity contribution in [2.75, 3.05) is 13.4 Å². The summed E-state index contributed by atoms with van der Waals surface area (Å²) >= 11 is 0. The molecule has 0 aromatic heterocycles. The summed E-state index contributed by atoms with van der Waals surface area (Å²) in [6.07, 6.45) is 0. The zero-order chi connectivity index (χ0) is 16.2. The topological polar surface area (TPSA) is 56.8 Å². The number of rotatable bonds is 5. The maximum atomic E-state index is 12.9. The number of carbonyl (C=O) groups is 1. The summed E-state index contributed by atoms with van der Waals surface area (Å²) in [5.41, 5.74) is 0.822. The van der Waals surface area contributed by atoms with E-state index in [0.717, 1.165) is 5.56 Å². The molecule has 1 aliphatic rings. The fraction of sp³-hybridized carbons (Fsp3) is 0.235. The third-order valence-corrected chi connectivity index (χ3v) is 3.46. The van der Waals surface area contributed by atoms with Crippen LogP contribution in [0.5, 0.6) is 17.2 Å². The van der Waals surface area contributed by atoms with E-state index >= 15 is 0 Å². The van der Waals surface area contributed by atoms with Gasteiger partial charge in [0.05, 0.1) is 6.04 Å². The second-order valence-corrected chi connectivity index (χ2v) is 5.14. The first kappa shape index (κ1) is 15.1. The lowest BCUT2D eigenvalue weighted by Gasteiger charge is -2.14. The van der Waals surface area contributed by atoms with Gasteiger partial charge in [0.2, 0.25) is 6.79 Å². The van der Waals surface area contributed by atoms with Crippen LogP contribution in [0.15, 0.2) is 42.5 Å². The van der Waals surface area contributed by atoms with Crippen molar-refractivity contribution in [2.45, 2.75) is 13.0 Å². The van der Waals surface area contributed by atoms with Crippen LogP contribution < -0.4 is 19.5 Å². The van der Waals surface area contributed by atoms with Crippen LogP contribution in [0.4, 0.5) is 4.39 Å². The Balaban J connectivity index is 1.52. The number of hydrogen-bond donors (Lipinski definition) is 1. The van der Waals surface area contributed by atoms with Gasteiger partial charge in [-0.25, -0.2) is 4.39 Å². The molecule has 0 saturated carbocycles. The van der Waals surface area contributed by atoms with Crippen LogP contribution in [0, 0.1) is 5.82 Å². The van der Waals surface area contributed by atoms with E-state index in [-0.39, 0.29) is 31.2 Å². The van der Waals surface area contributed by atoms with E-state index in [2.05, 4.69) is 5.32 Å². The zero-order valence-electron chi connectivity index (χ0n) is 12.5.